The fourth-order valence-electron chi connectivity index (χ4n) is 1.28. The number of carbonyl (C=O) groups is 2. The summed E-state index contributed by atoms with van der Waals surface area (Å²) in [5.74, 6) is 0.0192. The van der Waals surface area contributed by atoms with Gasteiger partial charge < -0.3 is 5.32 Å². The van der Waals surface area contributed by atoms with Gasteiger partial charge in [0.15, 0.2) is 0 Å². The monoisotopic (exact) mass is 196 g/mol. The van der Waals surface area contributed by atoms with Gasteiger partial charge in [-0.05, 0) is 18.8 Å². The third-order valence-corrected chi connectivity index (χ3v) is 2.03. The van der Waals surface area contributed by atoms with Crippen molar-refractivity contribution in [3.8, 4) is 0 Å². The molecule has 1 rings (SSSR count). The molecule has 2 amide bonds. The molecule has 0 aromatic heterocycles. The number of hydrogen-bond donors (Lipinski definition) is 2. The molecular weight excluding hydrogens is 180 g/mol. The van der Waals surface area contributed by atoms with Gasteiger partial charge in [0.2, 0.25) is 0 Å². The summed E-state index contributed by atoms with van der Waals surface area (Å²) in [6.07, 6.45) is 3.43. The van der Waals surface area contributed by atoms with E-state index in [9.17, 15) is 9.59 Å². The quantitative estimate of drug-likeness (QED) is 0.499. The maximum atomic E-state index is 11.1. The third-order valence-electron chi connectivity index (χ3n) is 2.03. The van der Waals surface area contributed by atoms with Gasteiger partial charge >= 0.3 is 0 Å². The Morgan fingerprint density at radius 2 is 2.14 bits per heavy atom. The largest absolute Gasteiger partial charge is 0.380 e. The van der Waals surface area contributed by atoms with Gasteiger partial charge in [0.25, 0.3) is 11.8 Å². The minimum atomic E-state index is -0.332. The highest BCUT2D eigenvalue weighted by atomic mass is 16.2. The zero-order valence-corrected chi connectivity index (χ0v) is 8.59. The highest BCUT2D eigenvalue weighted by Gasteiger charge is 2.19. The first-order valence-corrected chi connectivity index (χ1v) is 4.90. The molecule has 0 atom stereocenters. The summed E-state index contributed by atoms with van der Waals surface area (Å²) in [6, 6.07) is 0. The number of nitrogens with one attached hydrogen (secondary N) is 2. The molecule has 2 N–H and O–H groups in total. The minimum Gasteiger partial charge on any atom is -0.380 e. The molecule has 1 aliphatic heterocycles. The van der Waals surface area contributed by atoms with E-state index >= 15 is 0 Å². The Labute approximate surface area is 83.8 Å². The summed E-state index contributed by atoms with van der Waals surface area (Å²) in [6.45, 7) is 5.06. The molecule has 14 heavy (non-hydrogen) atoms. The van der Waals surface area contributed by atoms with Crippen molar-refractivity contribution in [1.82, 2.24) is 10.6 Å². The Hall–Kier alpha value is -1.32. The molecule has 1 aliphatic rings. The molecule has 0 aliphatic carbocycles. The zero-order chi connectivity index (χ0) is 10.6. The van der Waals surface area contributed by atoms with Crippen LogP contribution in [0.25, 0.3) is 0 Å². The first kappa shape index (κ1) is 10.8. The second-order valence-corrected chi connectivity index (χ2v) is 3.84. The Bertz CT molecular complexity index is 269. The summed E-state index contributed by atoms with van der Waals surface area (Å²) < 4.78 is 0. The Morgan fingerprint density at radius 1 is 1.43 bits per heavy atom. The average Bonchev–Trinajstić information content (AvgIpc) is 2.39. The summed E-state index contributed by atoms with van der Waals surface area (Å²) in [5, 5.41) is 5.13. The van der Waals surface area contributed by atoms with Crippen LogP contribution in [-0.2, 0) is 9.59 Å². The van der Waals surface area contributed by atoms with Crippen LogP contribution in [0.4, 0.5) is 0 Å². The lowest BCUT2D eigenvalue weighted by molar-refractivity contribution is -0.124. The van der Waals surface area contributed by atoms with Crippen molar-refractivity contribution in [3.05, 3.63) is 11.8 Å². The number of carbonyl (C=O) groups excluding carboxylic acids is 2. The second-order valence-electron chi connectivity index (χ2n) is 3.84. The molecule has 4 heteroatoms. The summed E-state index contributed by atoms with van der Waals surface area (Å²) in [5.41, 5.74) is 0.388. The second kappa shape index (κ2) is 4.79. The number of imide groups is 1. The highest BCUT2D eigenvalue weighted by Crippen LogP contribution is 2.03. The Balaban J connectivity index is 2.22. The molecule has 0 aromatic carbocycles. The minimum absolute atomic E-state index is 0.320. The molecule has 4 nitrogen and oxygen atoms in total. The third kappa shape index (κ3) is 3.20. The van der Waals surface area contributed by atoms with Gasteiger partial charge in [0.05, 0.1) is 0 Å². The SMILES string of the molecule is CC(C)CCCNC1=CC(=O)NC1=O. The lowest BCUT2D eigenvalue weighted by Crippen LogP contribution is -2.27. The van der Waals surface area contributed by atoms with Crippen molar-refractivity contribution in [2.75, 3.05) is 6.54 Å². The number of hydrogen-bond acceptors (Lipinski definition) is 3. The van der Waals surface area contributed by atoms with E-state index in [4.69, 9.17) is 0 Å². The van der Waals surface area contributed by atoms with E-state index in [0.717, 1.165) is 19.4 Å². The van der Waals surface area contributed by atoms with Crippen LogP contribution in [0.5, 0.6) is 0 Å². The van der Waals surface area contributed by atoms with Gasteiger partial charge in [-0.15, -0.1) is 0 Å². The molecule has 0 spiro atoms. The first-order valence-electron chi connectivity index (χ1n) is 4.90. The Morgan fingerprint density at radius 3 is 2.64 bits per heavy atom. The standard InChI is InChI=1S/C10H16N2O2/c1-7(2)4-3-5-11-8-6-9(13)12-10(8)14/h6-7H,3-5H2,1-2H3,(H2,11,12,13,14). The van der Waals surface area contributed by atoms with Crippen molar-refractivity contribution in [3.63, 3.8) is 0 Å². The predicted molar refractivity (Wildman–Crippen MR) is 53.3 cm³/mol. The van der Waals surface area contributed by atoms with E-state index in [1.54, 1.807) is 0 Å². The van der Waals surface area contributed by atoms with Gasteiger partial charge in [0, 0.05) is 12.6 Å². The maximum absolute atomic E-state index is 11.1. The van der Waals surface area contributed by atoms with Crippen molar-refractivity contribution in [2.24, 2.45) is 5.92 Å². The van der Waals surface area contributed by atoms with Gasteiger partial charge in [0.1, 0.15) is 5.70 Å². The van der Waals surface area contributed by atoms with E-state index in [1.165, 1.54) is 6.08 Å². The van der Waals surface area contributed by atoms with Crippen molar-refractivity contribution >= 4 is 11.8 Å². The molecule has 0 saturated heterocycles. The van der Waals surface area contributed by atoms with Crippen LogP contribution in [0, 0.1) is 5.92 Å². The molecule has 0 bridgehead atoms. The van der Waals surface area contributed by atoms with Crippen molar-refractivity contribution in [1.29, 1.82) is 0 Å². The number of amides is 2. The van der Waals surface area contributed by atoms with E-state index in [1.807, 2.05) is 0 Å². The fourth-order valence-corrected chi connectivity index (χ4v) is 1.28. The smallest absolute Gasteiger partial charge is 0.274 e. The van der Waals surface area contributed by atoms with Crippen LogP contribution in [-0.4, -0.2) is 18.4 Å². The molecule has 1 heterocycles. The van der Waals surface area contributed by atoms with Gasteiger partial charge in [-0.25, -0.2) is 0 Å². The van der Waals surface area contributed by atoms with Crippen LogP contribution in [0.2, 0.25) is 0 Å². The topological polar surface area (TPSA) is 58.2 Å². The van der Waals surface area contributed by atoms with E-state index in [-0.39, 0.29) is 11.8 Å². The van der Waals surface area contributed by atoms with Crippen molar-refractivity contribution < 1.29 is 9.59 Å². The molecule has 78 valence electrons. The molecular formula is C10H16N2O2. The first-order chi connectivity index (χ1) is 6.59. The lowest BCUT2D eigenvalue weighted by Gasteiger charge is -2.06. The maximum Gasteiger partial charge on any atom is 0.274 e. The normalized spacial score (nSPS) is 15.8. The van der Waals surface area contributed by atoms with Gasteiger partial charge in [-0.1, -0.05) is 13.8 Å². The number of rotatable bonds is 5. The summed E-state index contributed by atoms with van der Waals surface area (Å²) in [4.78, 5) is 21.8. The van der Waals surface area contributed by atoms with E-state index in [2.05, 4.69) is 24.5 Å². The summed E-state index contributed by atoms with van der Waals surface area (Å²) >= 11 is 0. The molecule has 0 unspecified atom stereocenters. The van der Waals surface area contributed by atoms with Crippen LogP contribution in [0.15, 0.2) is 11.8 Å². The van der Waals surface area contributed by atoms with Crippen LogP contribution < -0.4 is 10.6 Å². The van der Waals surface area contributed by atoms with Crippen molar-refractivity contribution in [2.45, 2.75) is 26.7 Å². The molecule has 0 fully saturated rings. The lowest BCUT2D eigenvalue weighted by atomic mass is 10.1. The van der Waals surface area contributed by atoms with Crippen LogP contribution in [0.1, 0.15) is 26.7 Å². The highest BCUT2D eigenvalue weighted by molar-refractivity contribution is 6.15. The Kier molecular flexibility index (Phi) is 3.68. The average molecular weight is 196 g/mol. The van der Waals surface area contributed by atoms with E-state index < -0.39 is 0 Å². The molecule has 0 saturated carbocycles. The van der Waals surface area contributed by atoms with Crippen LogP contribution in [0.3, 0.4) is 0 Å². The molecule has 0 aromatic rings. The predicted octanol–water partition coefficient (Wildman–Crippen LogP) is 0.552. The van der Waals surface area contributed by atoms with Gasteiger partial charge in [-0.2, -0.15) is 0 Å². The zero-order valence-electron chi connectivity index (χ0n) is 8.59. The van der Waals surface area contributed by atoms with Crippen LogP contribution >= 0.6 is 0 Å². The van der Waals surface area contributed by atoms with Gasteiger partial charge in [-0.3, -0.25) is 14.9 Å². The fraction of sp³-hybridized carbons (Fsp3) is 0.600. The van der Waals surface area contributed by atoms with E-state index in [0.29, 0.717) is 11.6 Å². The summed E-state index contributed by atoms with van der Waals surface area (Å²) in [7, 11) is 0. The molecule has 0 radical (unpaired) electrons.